The van der Waals surface area contributed by atoms with Gasteiger partial charge in [0.25, 0.3) is 5.56 Å². The van der Waals surface area contributed by atoms with Crippen LogP contribution in [0.5, 0.6) is 0 Å². The first-order valence-electron chi connectivity index (χ1n) is 8.07. The summed E-state index contributed by atoms with van der Waals surface area (Å²) >= 11 is 2.93. The van der Waals surface area contributed by atoms with Crippen molar-refractivity contribution in [2.24, 2.45) is 5.41 Å². The van der Waals surface area contributed by atoms with E-state index >= 15 is 0 Å². The van der Waals surface area contributed by atoms with Crippen molar-refractivity contribution < 1.29 is 4.79 Å². The van der Waals surface area contributed by atoms with E-state index in [-0.39, 0.29) is 16.9 Å². The smallest absolute Gasteiger partial charge is 0.258 e. The van der Waals surface area contributed by atoms with E-state index < -0.39 is 0 Å². The zero-order valence-electron chi connectivity index (χ0n) is 13.7. The molecule has 130 valence electrons. The van der Waals surface area contributed by atoms with Crippen molar-refractivity contribution in [3.8, 4) is 0 Å². The van der Waals surface area contributed by atoms with Crippen LogP contribution in [0, 0.1) is 5.41 Å². The monoisotopic (exact) mass is 366 g/mol. The van der Waals surface area contributed by atoms with Crippen molar-refractivity contribution in [2.75, 3.05) is 25.4 Å². The highest BCUT2D eigenvalue weighted by Gasteiger charge is 2.26. The summed E-state index contributed by atoms with van der Waals surface area (Å²) in [6.45, 7) is 5.00. The highest BCUT2D eigenvalue weighted by atomic mass is 32.2. The summed E-state index contributed by atoms with van der Waals surface area (Å²) in [5, 5.41) is 8.23. The maximum absolute atomic E-state index is 12.0. The second kappa shape index (κ2) is 7.67. The zero-order chi connectivity index (χ0) is 17.0. The van der Waals surface area contributed by atoms with Gasteiger partial charge < -0.3 is 10.6 Å². The number of thiazole rings is 1. The van der Waals surface area contributed by atoms with Crippen LogP contribution < -0.4 is 16.2 Å². The van der Waals surface area contributed by atoms with Gasteiger partial charge in [-0.2, -0.15) is 0 Å². The number of aromatic nitrogens is 2. The molecule has 2 aromatic heterocycles. The fourth-order valence-electron chi connectivity index (χ4n) is 2.78. The lowest BCUT2D eigenvalue weighted by Crippen LogP contribution is -2.43. The molecule has 6 nitrogen and oxygen atoms in total. The lowest BCUT2D eigenvalue weighted by Gasteiger charge is -2.34. The first-order chi connectivity index (χ1) is 11.6. The Morgan fingerprint density at radius 3 is 3.08 bits per heavy atom. The predicted molar refractivity (Wildman–Crippen MR) is 98.7 cm³/mol. The molecule has 0 aliphatic carbocycles. The average molecular weight is 367 g/mol. The van der Waals surface area contributed by atoms with Crippen LogP contribution in [0.3, 0.4) is 0 Å². The number of piperidine rings is 1. The Kier molecular flexibility index (Phi) is 5.57. The SMILES string of the molecule is CC1(CNC(=O)CSCc2cc(=O)n3ccsc3n2)CCNCC1. The number of nitrogens with zero attached hydrogens (tertiary/aromatic N) is 2. The van der Waals surface area contributed by atoms with E-state index in [1.807, 2.05) is 5.38 Å². The fourth-order valence-corrected chi connectivity index (χ4v) is 4.27. The van der Waals surface area contributed by atoms with Crippen molar-refractivity contribution in [1.82, 2.24) is 20.0 Å². The van der Waals surface area contributed by atoms with E-state index in [0.717, 1.165) is 38.2 Å². The Labute approximate surface area is 149 Å². The van der Waals surface area contributed by atoms with Gasteiger partial charge in [-0.1, -0.05) is 6.92 Å². The van der Waals surface area contributed by atoms with E-state index in [1.165, 1.54) is 27.5 Å². The third kappa shape index (κ3) is 4.37. The van der Waals surface area contributed by atoms with Crippen LogP contribution in [0.1, 0.15) is 25.5 Å². The standard InChI is InChI=1S/C16H22N4O2S2/c1-16(2-4-17-5-3-16)11-18-13(21)10-23-9-12-8-14(22)20-6-7-24-15(20)19-12/h6-8,17H,2-5,9-11H2,1H3,(H,18,21). The number of amides is 1. The van der Waals surface area contributed by atoms with Gasteiger partial charge in [0.05, 0.1) is 11.4 Å². The van der Waals surface area contributed by atoms with Gasteiger partial charge in [0, 0.05) is 29.9 Å². The third-order valence-electron chi connectivity index (χ3n) is 4.36. The molecule has 1 aliphatic heterocycles. The minimum atomic E-state index is -0.0693. The Hall–Kier alpha value is -1.38. The zero-order valence-corrected chi connectivity index (χ0v) is 15.3. The van der Waals surface area contributed by atoms with Gasteiger partial charge in [-0.05, 0) is 31.3 Å². The van der Waals surface area contributed by atoms with Crippen molar-refractivity contribution >= 4 is 34.0 Å². The topological polar surface area (TPSA) is 75.5 Å². The van der Waals surface area contributed by atoms with Crippen LogP contribution in [0.4, 0.5) is 0 Å². The molecule has 24 heavy (non-hydrogen) atoms. The number of hydrogen-bond acceptors (Lipinski definition) is 6. The second-order valence-electron chi connectivity index (χ2n) is 6.47. The molecule has 0 unspecified atom stereocenters. The molecule has 3 rings (SSSR count). The molecule has 0 saturated carbocycles. The van der Waals surface area contributed by atoms with Gasteiger partial charge in [0.1, 0.15) is 0 Å². The van der Waals surface area contributed by atoms with Crippen LogP contribution in [0.2, 0.25) is 0 Å². The summed E-state index contributed by atoms with van der Waals surface area (Å²) in [6.07, 6.45) is 3.91. The summed E-state index contributed by atoms with van der Waals surface area (Å²) in [7, 11) is 0. The molecule has 1 fully saturated rings. The molecule has 0 aromatic carbocycles. The third-order valence-corrected chi connectivity index (χ3v) is 6.09. The van der Waals surface area contributed by atoms with Crippen molar-refractivity contribution in [3.63, 3.8) is 0 Å². The number of rotatable bonds is 6. The maximum Gasteiger partial charge on any atom is 0.258 e. The van der Waals surface area contributed by atoms with E-state index in [9.17, 15) is 9.59 Å². The van der Waals surface area contributed by atoms with Gasteiger partial charge in [-0.3, -0.25) is 14.0 Å². The normalized spacial score (nSPS) is 17.0. The quantitative estimate of drug-likeness (QED) is 0.810. The van der Waals surface area contributed by atoms with E-state index in [1.54, 1.807) is 12.3 Å². The molecule has 3 heterocycles. The molecule has 1 aliphatic rings. The Morgan fingerprint density at radius 1 is 1.50 bits per heavy atom. The molecule has 1 amide bonds. The molecule has 0 bridgehead atoms. The second-order valence-corrected chi connectivity index (χ2v) is 8.33. The highest BCUT2D eigenvalue weighted by Crippen LogP contribution is 2.26. The molecule has 8 heteroatoms. The highest BCUT2D eigenvalue weighted by molar-refractivity contribution is 7.99. The summed E-state index contributed by atoms with van der Waals surface area (Å²) in [4.78, 5) is 29.1. The van der Waals surface area contributed by atoms with Crippen molar-refractivity contribution in [1.29, 1.82) is 0 Å². The summed E-state index contributed by atoms with van der Waals surface area (Å²) in [5.41, 5.74) is 0.858. The minimum Gasteiger partial charge on any atom is -0.355 e. The molecular formula is C16H22N4O2S2. The number of carbonyl (C=O) groups excluding carboxylic acids is 1. The molecule has 0 spiro atoms. The summed E-state index contributed by atoms with van der Waals surface area (Å²) in [6, 6.07) is 1.54. The van der Waals surface area contributed by atoms with Crippen molar-refractivity contribution in [2.45, 2.75) is 25.5 Å². The van der Waals surface area contributed by atoms with E-state index in [4.69, 9.17) is 0 Å². The average Bonchev–Trinajstić information content (AvgIpc) is 3.03. The molecular weight excluding hydrogens is 344 g/mol. The first-order valence-corrected chi connectivity index (χ1v) is 10.1. The van der Waals surface area contributed by atoms with Gasteiger partial charge in [0.2, 0.25) is 5.91 Å². The van der Waals surface area contributed by atoms with Gasteiger partial charge >= 0.3 is 0 Å². The van der Waals surface area contributed by atoms with E-state index in [0.29, 0.717) is 16.5 Å². The Balaban J connectivity index is 1.45. The van der Waals surface area contributed by atoms with Gasteiger partial charge in [0.15, 0.2) is 4.96 Å². The number of nitrogens with one attached hydrogen (secondary N) is 2. The lowest BCUT2D eigenvalue weighted by atomic mass is 9.81. The molecule has 2 N–H and O–H groups in total. The van der Waals surface area contributed by atoms with Gasteiger partial charge in [-0.15, -0.1) is 23.1 Å². The lowest BCUT2D eigenvalue weighted by molar-refractivity contribution is -0.119. The van der Waals surface area contributed by atoms with Crippen LogP contribution in [-0.4, -0.2) is 40.7 Å². The molecule has 0 atom stereocenters. The van der Waals surface area contributed by atoms with Crippen LogP contribution in [0.25, 0.3) is 4.96 Å². The van der Waals surface area contributed by atoms with Crippen LogP contribution in [-0.2, 0) is 10.5 Å². The molecule has 2 aromatic rings. The first kappa shape index (κ1) is 17.4. The van der Waals surface area contributed by atoms with Crippen LogP contribution >= 0.6 is 23.1 Å². The number of hydrogen-bond donors (Lipinski definition) is 2. The van der Waals surface area contributed by atoms with Crippen molar-refractivity contribution in [3.05, 3.63) is 33.7 Å². The predicted octanol–water partition coefficient (Wildman–Crippen LogP) is 1.50. The number of thioether (sulfide) groups is 1. The van der Waals surface area contributed by atoms with E-state index in [2.05, 4.69) is 22.5 Å². The Bertz CT molecular complexity index is 765. The maximum atomic E-state index is 12.0. The van der Waals surface area contributed by atoms with Crippen LogP contribution in [0.15, 0.2) is 22.4 Å². The fraction of sp³-hybridized carbons (Fsp3) is 0.562. The van der Waals surface area contributed by atoms with Gasteiger partial charge in [-0.25, -0.2) is 4.98 Å². The molecule has 0 radical (unpaired) electrons. The number of carbonyl (C=O) groups is 1. The summed E-state index contributed by atoms with van der Waals surface area (Å²) in [5.74, 6) is 1.01. The summed E-state index contributed by atoms with van der Waals surface area (Å²) < 4.78 is 1.53. The largest absolute Gasteiger partial charge is 0.355 e. The minimum absolute atomic E-state index is 0.0497. The molecule has 1 saturated heterocycles. The Morgan fingerprint density at radius 2 is 2.29 bits per heavy atom. The number of fused-ring (bicyclic) bond motifs is 1.